The third-order valence-corrected chi connectivity index (χ3v) is 14.5. The summed E-state index contributed by atoms with van der Waals surface area (Å²) in [6.07, 6.45) is 3.08. The fraction of sp³-hybridized carbons (Fsp3) is 0.600. The van der Waals surface area contributed by atoms with Gasteiger partial charge in [-0.25, -0.2) is 4.98 Å². The Morgan fingerprint density at radius 2 is 1.16 bits per heavy atom. The average Bonchev–Trinajstić information content (AvgIpc) is 3.85. The maximum absolute atomic E-state index is 14.6. The summed E-state index contributed by atoms with van der Waals surface area (Å²) in [7, 11) is 0. The maximum Gasteiger partial charge on any atom is 0.243 e. The molecule has 0 unspecified atom stereocenters. The quantitative estimate of drug-likeness (QED) is 0.0454. The van der Waals surface area contributed by atoms with E-state index in [2.05, 4.69) is 59.8 Å². The third kappa shape index (κ3) is 22.5. The molecule has 3 aromatic rings. The zero-order valence-electron chi connectivity index (χ0n) is 46.4. The molecule has 4 rings (SSSR count). The molecule has 1 fully saturated rings. The fourth-order valence-electron chi connectivity index (χ4n) is 9.09. The molecule has 1 saturated heterocycles. The molecule has 1 aliphatic rings. The van der Waals surface area contributed by atoms with Crippen molar-refractivity contribution in [3.8, 4) is 0 Å². The van der Waals surface area contributed by atoms with Crippen LogP contribution in [0.3, 0.4) is 0 Å². The number of hydrogen-bond donors (Lipinski definition) is 14. The van der Waals surface area contributed by atoms with Crippen LogP contribution in [0.4, 0.5) is 0 Å². The number of hydrogen-bond acceptors (Lipinski definition) is 16. The van der Waals surface area contributed by atoms with Crippen LogP contribution in [0.15, 0.2) is 54.6 Å². The lowest BCUT2D eigenvalue weighted by molar-refractivity contribution is -0.136. The predicted molar refractivity (Wildman–Crippen MR) is 305 cm³/mol. The first kappa shape index (κ1) is 65.9. The Balaban J connectivity index is 1.77. The Labute approximate surface area is 472 Å². The number of para-hydroxylation sites is 1. The summed E-state index contributed by atoms with van der Waals surface area (Å²) in [5.41, 5.74) is 25.1. The third-order valence-electron chi connectivity index (χ3n) is 13.4. The summed E-state index contributed by atoms with van der Waals surface area (Å²) in [4.78, 5) is 132. The molecule has 442 valence electrons. The van der Waals surface area contributed by atoms with Gasteiger partial charge in [-0.15, -0.1) is 11.3 Å². The number of nitrogens with zero attached hydrogens (tertiary/aromatic N) is 1. The second-order valence-corrected chi connectivity index (χ2v) is 21.7. The van der Waals surface area contributed by atoms with Crippen LogP contribution >= 0.6 is 11.3 Å². The van der Waals surface area contributed by atoms with Crippen LogP contribution in [-0.2, 0) is 56.0 Å². The van der Waals surface area contributed by atoms with Crippen molar-refractivity contribution in [3.05, 3.63) is 65.2 Å². The Bertz CT molecular complexity index is 2450. The van der Waals surface area contributed by atoms with Gasteiger partial charge in [0.15, 0.2) is 0 Å². The number of carbonyl (C=O) groups excluding carboxylic acids is 9. The molecule has 0 bridgehead atoms. The number of aliphatic hydroxyl groups excluding tert-OH is 1. The number of aliphatic hydroxyl groups is 1. The average molecular weight is 1140 g/mol. The monoisotopic (exact) mass is 1130 g/mol. The summed E-state index contributed by atoms with van der Waals surface area (Å²) in [6, 6.07) is 5.29. The number of thiazole rings is 1. The molecule has 0 saturated carbocycles. The molecule has 0 aliphatic carbocycles. The van der Waals surface area contributed by atoms with Crippen LogP contribution in [0.25, 0.3) is 10.2 Å². The van der Waals surface area contributed by atoms with Gasteiger partial charge in [-0.3, -0.25) is 43.2 Å². The van der Waals surface area contributed by atoms with E-state index in [-0.39, 0.29) is 96.4 Å². The first-order valence-corrected chi connectivity index (χ1v) is 28.8. The van der Waals surface area contributed by atoms with Gasteiger partial charge < -0.3 is 75.9 Å². The molecular formula is C55H86N14O10S. The molecule has 0 spiro atoms. The van der Waals surface area contributed by atoms with E-state index >= 15 is 0 Å². The molecular weight excluding hydrogens is 1050 g/mol. The van der Waals surface area contributed by atoms with Gasteiger partial charge in [0.05, 0.1) is 27.7 Å². The van der Waals surface area contributed by atoms with E-state index in [9.17, 15) is 48.3 Å². The highest BCUT2D eigenvalue weighted by atomic mass is 32.1. The van der Waals surface area contributed by atoms with Gasteiger partial charge >= 0.3 is 0 Å². The molecule has 25 heteroatoms. The van der Waals surface area contributed by atoms with Crippen LogP contribution in [-0.4, -0.2) is 150 Å². The summed E-state index contributed by atoms with van der Waals surface area (Å²) in [6.45, 7) is 5.10. The van der Waals surface area contributed by atoms with E-state index in [0.29, 0.717) is 28.9 Å². The molecule has 18 N–H and O–H groups in total. The summed E-state index contributed by atoms with van der Waals surface area (Å²) < 4.78 is 0.816. The number of amides is 9. The SMILES string of the molecule is CCCCCCC[C@@H](O)CC(=O)N[C@H](CCN)C(=O)N[C@H]1CCNC(=O)[C@H](Cc2nc3ccccc3s2)NC(=O)[C@H](CCN)NC(=O)[C@H](CCN)NC(=O)[C@H](CC(C)C)NC(=O)[C@@H](Cc2ccccc2)NC(=O)[C@H](CCN)NC1=O. The smallest absolute Gasteiger partial charge is 0.243 e. The van der Waals surface area contributed by atoms with E-state index in [4.69, 9.17) is 22.9 Å². The number of nitrogens with one attached hydrogen (secondary N) is 9. The van der Waals surface area contributed by atoms with Gasteiger partial charge in [0.25, 0.3) is 0 Å². The van der Waals surface area contributed by atoms with Crippen molar-refractivity contribution in [2.45, 2.75) is 172 Å². The van der Waals surface area contributed by atoms with E-state index in [0.717, 1.165) is 30.4 Å². The van der Waals surface area contributed by atoms with Crippen LogP contribution in [0, 0.1) is 5.92 Å². The summed E-state index contributed by atoms with van der Waals surface area (Å²) >= 11 is 1.29. The number of unbranched alkanes of at least 4 members (excludes halogenated alkanes) is 4. The lowest BCUT2D eigenvalue weighted by atomic mass is 10.00. The van der Waals surface area contributed by atoms with Gasteiger partial charge in [0.1, 0.15) is 48.3 Å². The first-order valence-electron chi connectivity index (χ1n) is 28.0. The molecule has 9 atom stereocenters. The fourth-order valence-corrected chi connectivity index (χ4v) is 10.1. The zero-order valence-corrected chi connectivity index (χ0v) is 47.2. The minimum absolute atomic E-state index is 0.0590. The van der Waals surface area contributed by atoms with E-state index in [1.54, 1.807) is 42.5 Å². The van der Waals surface area contributed by atoms with Gasteiger partial charge in [0.2, 0.25) is 53.2 Å². The number of aromatic nitrogens is 1. The van der Waals surface area contributed by atoms with Crippen LogP contribution in [0.5, 0.6) is 0 Å². The predicted octanol–water partition coefficient (Wildman–Crippen LogP) is -0.967. The van der Waals surface area contributed by atoms with Crippen molar-refractivity contribution in [2.75, 3.05) is 32.7 Å². The molecule has 9 amide bonds. The number of carbonyl (C=O) groups is 9. The van der Waals surface area contributed by atoms with Crippen molar-refractivity contribution in [1.82, 2.24) is 52.8 Å². The number of nitrogens with two attached hydrogens (primary N) is 4. The van der Waals surface area contributed by atoms with Gasteiger partial charge in [0, 0.05) is 19.4 Å². The minimum Gasteiger partial charge on any atom is -0.393 e. The van der Waals surface area contributed by atoms with Crippen molar-refractivity contribution in [3.63, 3.8) is 0 Å². The zero-order chi connectivity index (χ0) is 58.6. The van der Waals surface area contributed by atoms with E-state index < -0.39 is 108 Å². The molecule has 1 aliphatic heterocycles. The van der Waals surface area contributed by atoms with Crippen LogP contribution < -0.4 is 70.8 Å². The number of benzene rings is 2. The van der Waals surface area contributed by atoms with Crippen molar-refractivity contribution in [1.29, 1.82) is 0 Å². The van der Waals surface area contributed by atoms with Crippen LogP contribution in [0.1, 0.15) is 115 Å². The van der Waals surface area contributed by atoms with Gasteiger partial charge in [-0.2, -0.15) is 0 Å². The van der Waals surface area contributed by atoms with E-state index in [1.807, 2.05) is 26.0 Å². The lowest BCUT2D eigenvalue weighted by Crippen LogP contribution is -2.61. The normalized spacial score (nSPS) is 22.2. The van der Waals surface area contributed by atoms with Crippen molar-refractivity contribution in [2.24, 2.45) is 28.9 Å². The van der Waals surface area contributed by atoms with Crippen molar-refractivity contribution >= 4 is 74.7 Å². The largest absolute Gasteiger partial charge is 0.393 e. The minimum atomic E-state index is -1.51. The lowest BCUT2D eigenvalue weighted by Gasteiger charge is -2.28. The molecule has 80 heavy (non-hydrogen) atoms. The number of rotatable bonds is 25. The first-order chi connectivity index (χ1) is 38.4. The molecule has 2 aromatic carbocycles. The summed E-state index contributed by atoms with van der Waals surface area (Å²) in [5.74, 6) is -7.21. The molecule has 1 aromatic heterocycles. The Morgan fingerprint density at radius 1 is 0.637 bits per heavy atom. The van der Waals surface area contributed by atoms with Gasteiger partial charge in [-0.05, 0) is 94.7 Å². The maximum atomic E-state index is 14.6. The molecule has 24 nitrogen and oxygen atoms in total. The second-order valence-electron chi connectivity index (χ2n) is 20.6. The summed E-state index contributed by atoms with van der Waals surface area (Å²) in [5, 5.41) is 35.4. The van der Waals surface area contributed by atoms with Crippen molar-refractivity contribution < 1.29 is 48.3 Å². The Morgan fingerprint density at radius 3 is 1.74 bits per heavy atom. The van der Waals surface area contributed by atoms with E-state index in [1.165, 1.54) is 11.3 Å². The topological polar surface area (TPSA) is 399 Å². The number of fused-ring (bicyclic) bond motifs is 1. The van der Waals surface area contributed by atoms with Crippen LogP contribution in [0.2, 0.25) is 0 Å². The molecule has 2 heterocycles. The Hall–Kier alpha value is -6.64. The highest BCUT2D eigenvalue weighted by Crippen LogP contribution is 2.23. The highest BCUT2D eigenvalue weighted by Gasteiger charge is 2.36. The Kier molecular flexibility index (Phi) is 29.0. The standard InChI is InChI=1S/C55H86N14O10S/c1-4-5-6-7-11-16-35(70)31-46(71)61-37(19-24-56)49(73)66-41-23-28-60-48(72)44(32-47-62-36-17-12-13-18-45(36)80-47)69-52(76)40(22-27-59)63-50(74)38(20-25-57)65-54(78)42(29-33(2)3)67-55(79)43(30-34-14-9-8-10-15-34)68-51(75)39(21-26-58)64-53(41)77/h8-10,12-15,17-18,33,35,37-44,70H,4-7,11,16,19-32,56-59H2,1-3H3,(H,60,72)(H,61,71)(H,63,74)(H,64,77)(H,65,78)(H,66,73)(H,67,79)(H,68,75)(H,69,76)/t35-,37-,38+,39+,40+,41+,42+,43-,44+/m1/s1. The molecule has 0 radical (unpaired) electrons. The van der Waals surface area contributed by atoms with Gasteiger partial charge in [-0.1, -0.05) is 95.3 Å². The second kappa shape index (κ2) is 35.2. The highest BCUT2D eigenvalue weighted by molar-refractivity contribution is 7.18.